The second-order valence-corrected chi connectivity index (χ2v) is 8.08. The first-order valence-electron chi connectivity index (χ1n) is 9.60. The van der Waals surface area contributed by atoms with Crippen molar-refractivity contribution in [2.75, 3.05) is 19.5 Å². The molecule has 0 atom stereocenters. The molecule has 3 rings (SSSR count). The van der Waals surface area contributed by atoms with Crippen molar-refractivity contribution >= 4 is 17.5 Å². The Hall–Kier alpha value is -2.45. The predicted octanol–water partition coefficient (Wildman–Crippen LogP) is 3.71. The van der Waals surface area contributed by atoms with Gasteiger partial charge < -0.3 is 9.30 Å². The maximum atomic E-state index is 12.9. The molecular weight excluding hydrogens is 386 g/mol. The number of carbonyl (C=O) groups is 1. The maximum absolute atomic E-state index is 12.9. The number of benzene rings is 1. The van der Waals surface area contributed by atoms with Gasteiger partial charge in [-0.25, -0.2) is 0 Å². The van der Waals surface area contributed by atoms with Crippen LogP contribution in [0.1, 0.15) is 39.3 Å². The highest BCUT2D eigenvalue weighted by atomic mass is 32.2. The molecule has 2 aromatic heterocycles. The summed E-state index contributed by atoms with van der Waals surface area (Å²) in [7, 11) is 1.70. The molecule has 0 aliphatic rings. The van der Waals surface area contributed by atoms with Crippen LogP contribution in [0, 0.1) is 27.7 Å². The second kappa shape index (κ2) is 9.37. The van der Waals surface area contributed by atoms with Crippen molar-refractivity contribution in [2.24, 2.45) is 0 Å². The minimum Gasteiger partial charge on any atom is -0.385 e. The number of rotatable bonds is 9. The van der Waals surface area contributed by atoms with Gasteiger partial charge in [-0.2, -0.15) is 4.68 Å². The van der Waals surface area contributed by atoms with E-state index in [4.69, 9.17) is 4.74 Å². The molecule has 0 radical (unpaired) electrons. The maximum Gasteiger partial charge on any atom is 0.214 e. The van der Waals surface area contributed by atoms with Gasteiger partial charge >= 0.3 is 0 Å². The topological polar surface area (TPSA) is 74.8 Å². The summed E-state index contributed by atoms with van der Waals surface area (Å²) >= 11 is 1.35. The van der Waals surface area contributed by atoms with Crippen LogP contribution >= 0.6 is 11.8 Å². The minimum atomic E-state index is 0.0794. The van der Waals surface area contributed by atoms with Crippen molar-refractivity contribution in [3.63, 3.8) is 0 Å². The molecule has 0 spiro atoms. The number of ether oxygens (including phenoxy) is 1. The van der Waals surface area contributed by atoms with Crippen LogP contribution < -0.4 is 0 Å². The standard InChI is InChI=1S/C21H27N5O2S/c1-14-7-8-18(11-15(14)2)26-21(22-23-24-26)29-13-20(27)19-12-16(3)25(17(19)4)9-6-10-28-5/h7-8,11-12H,6,9-10,13H2,1-5H3. The number of Topliss-reactive ketones (excluding diaryl/α,β-unsaturated/α-hetero) is 1. The van der Waals surface area contributed by atoms with E-state index in [0.717, 1.165) is 35.6 Å². The second-order valence-electron chi connectivity index (χ2n) is 7.14. The van der Waals surface area contributed by atoms with E-state index in [1.807, 2.05) is 38.1 Å². The van der Waals surface area contributed by atoms with Gasteiger partial charge in [-0.15, -0.1) is 5.10 Å². The monoisotopic (exact) mass is 413 g/mol. The summed E-state index contributed by atoms with van der Waals surface area (Å²) in [5, 5.41) is 12.6. The van der Waals surface area contributed by atoms with Crippen LogP contribution in [-0.2, 0) is 11.3 Å². The van der Waals surface area contributed by atoms with Gasteiger partial charge in [-0.3, -0.25) is 4.79 Å². The van der Waals surface area contributed by atoms with E-state index in [9.17, 15) is 4.79 Å². The molecular formula is C21H27N5O2S. The lowest BCUT2D eigenvalue weighted by Crippen LogP contribution is -2.09. The molecule has 0 saturated heterocycles. The Labute approximate surface area is 175 Å². The number of tetrazole rings is 1. The Morgan fingerprint density at radius 3 is 2.66 bits per heavy atom. The normalized spacial score (nSPS) is 11.2. The average Bonchev–Trinajstić information content (AvgIpc) is 3.28. The van der Waals surface area contributed by atoms with Gasteiger partial charge in [-0.1, -0.05) is 17.8 Å². The summed E-state index contributed by atoms with van der Waals surface area (Å²) < 4.78 is 8.99. The Kier molecular flexibility index (Phi) is 6.87. The molecule has 0 N–H and O–H groups in total. The molecule has 0 aliphatic heterocycles. The van der Waals surface area contributed by atoms with Crippen molar-refractivity contribution in [1.29, 1.82) is 0 Å². The molecule has 3 aromatic rings. The third-order valence-electron chi connectivity index (χ3n) is 5.11. The van der Waals surface area contributed by atoms with Crippen LogP contribution in [0.2, 0.25) is 0 Å². The number of ketones is 1. The Bertz CT molecular complexity index is 1010. The highest BCUT2D eigenvalue weighted by Crippen LogP contribution is 2.23. The van der Waals surface area contributed by atoms with Gasteiger partial charge in [0.15, 0.2) is 5.78 Å². The van der Waals surface area contributed by atoms with Crippen LogP contribution in [0.15, 0.2) is 29.4 Å². The smallest absolute Gasteiger partial charge is 0.214 e. The Morgan fingerprint density at radius 1 is 1.14 bits per heavy atom. The van der Waals surface area contributed by atoms with Crippen molar-refractivity contribution in [3.05, 3.63) is 52.3 Å². The summed E-state index contributed by atoms with van der Waals surface area (Å²) in [6, 6.07) is 8.05. The molecule has 0 saturated carbocycles. The summed E-state index contributed by atoms with van der Waals surface area (Å²) in [5.41, 5.74) is 6.13. The highest BCUT2D eigenvalue weighted by Gasteiger charge is 2.18. The molecule has 0 fully saturated rings. The summed E-state index contributed by atoms with van der Waals surface area (Å²) in [5.74, 6) is 0.365. The quantitative estimate of drug-likeness (QED) is 0.302. The lowest BCUT2D eigenvalue weighted by atomic mass is 10.1. The van der Waals surface area contributed by atoms with Gasteiger partial charge in [0.05, 0.1) is 11.4 Å². The van der Waals surface area contributed by atoms with Crippen LogP contribution in [0.3, 0.4) is 0 Å². The Balaban J connectivity index is 1.71. The zero-order valence-electron chi connectivity index (χ0n) is 17.6. The predicted molar refractivity (Wildman–Crippen MR) is 114 cm³/mol. The first kappa shape index (κ1) is 21.3. The molecule has 0 amide bonds. The number of methoxy groups -OCH3 is 1. The van der Waals surface area contributed by atoms with E-state index in [1.165, 1.54) is 22.9 Å². The summed E-state index contributed by atoms with van der Waals surface area (Å²) in [4.78, 5) is 12.9. The lowest BCUT2D eigenvalue weighted by Gasteiger charge is -2.09. The molecule has 0 unspecified atom stereocenters. The van der Waals surface area contributed by atoms with Gasteiger partial charge in [0.25, 0.3) is 0 Å². The molecule has 29 heavy (non-hydrogen) atoms. The zero-order valence-corrected chi connectivity index (χ0v) is 18.4. The van der Waals surface area contributed by atoms with Gasteiger partial charge in [0.1, 0.15) is 0 Å². The minimum absolute atomic E-state index is 0.0794. The van der Waals surface area contributed by atoms with E-state index in [1.54, 1.807) is 11.8 Å². The number of aromatic nitrogens is 5. The van der Waals surface area contributed by atoms with Crippen LogP contribution in [-0.4, -0.2) is 50.0 Å². The van der Waals surface area contributed by atoms with Gasteiger partial charge in [0.2, 0.25) is 5.16 Å². The summed E-state index contributed by atoms with van der Waals surface area (Å²) in [6.07, 6.45) is 0.917. The molecule has 154 valence electrons. The number of hydrogen-bond acceptors (Lipinski definition) is 6. The highest BCUT2D eigenvalue weighted by molar-refractivity contribution is 7.99. The van der Waals surface area contributed by atoms with Crippen LogP contribution in [0.25, 0.3) is 5.69 Å². The Morgan fingerprint density at radius 2 is 1.93 bits per heavy atom. The molecule has 0 bridgehead atoms. The van der Waals surface area contributed by atoms with E-state index >= 15 is 0 Å². The van der Waals surface area contributed by atoms with Crippen LogP contribution in [0.5, 0.6) is 0 Å². The zero-order chi connectivity index (χ0) is 21.0. The molecule has 1 aromatic carbocycles. The van der Waals surface area contributed by atoms with Crippen LogP contribution in [0.4, 0.5) is 0 Å². The van der Waals surface area contributed by atoms with E-state index < -0.39 is 0 Å². The fraction of sp³-hybridized carbons (Fsp3) is 0.429. The number of carbonyl (C=O) groups excluding carboxylic acids is 1. The molecule has 8 heteroatoms. The lowest BCUT2D eigenvalue weighted by molar-refractivity contribution is 0.102. The largest absolute Gasteiger partial charge is 0.385 e. The van der Waals surface area contributed by atoms with Crippen molar-refractivity contribution in [2.45, 2.75) is 45.8 Å². The number of nitrogens with zero attached hydrogens (tertiary/aromatic N) is 5. The fourth-order valence-electron chi connectivity index (χ4n) is 3.29. The molecule has 2 heterocycles. The molecule has 0 aliphatic carbocycles. The van der Waals surface area contributed by atoms with E-state index in [-0.39, 0.29) is 11.5 Å². The fourth-order valence-corrected chi connectivity index (χ4v) is 4.06. The third kappa shape index (κ3) is 4.76. The van der Waals surface area contributed by atoms with Crippen molar-refractivity contribution in [1.82, 2.24) is 24.8 Å². The van der Waals surface area contributed by atoms with Gasteiger partial charge in [-0.05, 0) is 73.9 Å². The average molecular weight is 414 g/mol. The first-order valence-corrected chi connectivity index (χ1v) is 10.6. The van der Waals surface area contributed by atoms with E-state index in [0.29, 0.717) is 11.8 Å². The summed E-state index contributed by atoms with van der Waals surface area (Å²) in [6.45, 7) is 9.70. The van der Waals surface area contributed by atoms with Crippen molar-refractivity contribution < 1.29 is 9.53 Å². The van der Waals surface area contributed by atoms with Crippen molar-refractivity contribution in [3.8, 4) is 5.69 Å². The van der Waals surface area contributed by atoms with Gasteiger partial charge in [0, 0.05) is 37.2 Å². The SMILES string of the molecule is COCCCn1c(C)cc(C(=O)CSc2nnnn2-c2ccc(C)c(C)c2)c1C. The third-order valence-corrected chi connectivity index (χ3v) is 6.03. The number of aryl methyl sites for hydroxylation is 3. The number of thioether (sulfide) groups is 1. The number of hydrogen-bond donors (Lipinski definition) is 0. The molecule has 7 nitrogen and oxygen atoms in total. The first-order chi connectivity index (χ1) is 13.9. The van der Waals surface area contributed by atoms with E-state index in [2.05, 4.69) is 33.9 Å².